The minimum absolute atomic E-state index is 0.224. The number of amides is 1. The maximum Gasteiger partial charge on any atom is 0.269 e. The Hall–Kier alpha value is -3.30. The van der Waals surface area contributed by atoms with E-state index in [0.29, 0.717) is 18.1 Å². The topological polar surface area (TPSA) is 126 Å². The normalized spacial score (nSPS) is 10.4. The number of hydrogen-bond donors (Lipinski definition) is 3. The summed E-state index contributed by atoms with van der Waals surface area (Å²) < 4.78 is 1.37. The third-order valence-corrected chi connectivity index (χ3v) is 3.02. The minimum Gasteiger partial charge on any atom is -0.384 e. The fraction of sp³-hybridized carbons (Fsp3) is 0.231. The molecule has 3 N–H and O–H groups in total. The van der Waals surface area contributed by atoms with Gasteiger partial charge in [-0.05, 0) is 29.0 Å². The van der Waals surface area contributed by atoms with Gasteiger partial charge in [0.05, 0.1) is 5.69 Å². The predicted octanol–water partition coefficient (Wildman–Crippen LogP) is 0.0124. The molecule has 3 aromatic heterocycles. The van der Waals surface area contributed by atoms with Gasteiger partial charge in [-0.3, -0.25) is 14.9 Å². The van der Waals surface area contributed by atoms with E-state index in [9.17, 15) is 4.79 Å². The zero-order valence-electron chi connectivity index (χ0n) is 12.2. The molecular weight excluding hydrogens is 298 g/mol. The van der Waals surface area contributed by atoms with Crippen molar-refractivity contribution < 1.29 is 4.79 Å². The number of hydrogen-bond acceptors (Lipinski definition) is 7. The predicted molar refractivity (Wildman–Crippen MR) is 81.0 cm³/mol. The lowest BCUT2D eigenvalue weighted by Crippen LogP contribution is -2.26. The molecule has 10 heteroatoms. The van der Waals surface area contributed by atoms with Gasteiger partial charge in [0.15, 0.2) is 5.82 Å². The lowest BCUT2D eigenvalue weighted by Gasteiger charge is -2.06. The summed E-state index contributed by atoms with van der Waals surface area (Å²) in [7, 11) is 0. The lowest BCUT2D eigenvalue weighted by molar-refractivity contribution is 0.0948. The van der Waals surface area contributed by atoms with Crippen molar-refractivity contribution in [2.45, 2.75) is 6.42 Å². The second-order valence-electron chi connectivity index (χ2n) is 4.67. The second kappa shape index (κ2) is 7.11. The van der Waals surface area contributed by atoms with Crippen molar-refractivity contribution in [3.63, 3.8) is 0 Å². The zero-order valence-corrected chi connectivity index (χ0v) is 12.2. The largest absolute Gasteiger partial charge is 0.384 e. The van der Waals surface area contributed by atoms with E-state index < -0.39 is 0 Å². The molecule has 0 aliphatic heterocycles. The summed E-state index contributed by atoms with van der Waals surface area (Å²) in [5, 5.41) is 23.4. The van der Waals surface area contributed by atoms with E-state index in [-0.39, 0.29) is 5.91 Å². The SMILES string of the molecule is O=C(NCCCNc1cccnc1)c1cc(-n2cnnn2)n[nH]1. The molecule has 0 aliphatic rings. The molecule has 3 rings (SSSR count). The third-order valence-electron chi connectivity index (χ3n) is 3.02. The highest BCUT2D eigenvalue weighted by molar-refractivity contribution is 5.92. The molecule has 23 heavy (non-hydrogen) atoms. The fourth-order valence-corrected chi connectivity index (χ4v) is 1.90. The van der Waals surface area contributed by atoms with Gasteiger partial charge in [0.2, 0.25) is 0 Å². The number of tetrazole rings is 1. The zero-order chi connectivity index (χ0) is 15.9. The first-order valence-electron chi connectivity index (χ1n) is 7.04. The summed E-state index contributed by atoms with van der Waals surface area (Å²) in [6, 6.07) is 5.39. The standard InChI is InChI=1S/C13H15N9O/c23-13(11-7-12(19-18-11)22-9-17-20-21-22)16-6-2-5-15-10-3-1-4-14-8-10/h1,3-4,7-9,15H,2,5-6H2,(H,16,23)(H,18,19). The fourth-order valence-electron chi connectivity index (χ4n) is 1.90. The number of aromatic amines is 1. The summed E-state index contributed by atoms with van der Waals surface area (Å²) in [5.74, 6) is 0.233. The van der Waals surface area contributed by atoms with E-state index in [4.69, 9.17) is 0 Å². The van der Waals surface area contributed by atoms with Crippen molar-refractivity contribution in [2.75, 3.05) is 18.4 Å². The maximum absolute atomic E-state index is 12.0. The van der Waals surface area contributed by atoms with E-state index in [0.717, 1.165) is 18.7 Å². The number of nitrogens with zero attached hydrogens (tertiary/aromatic N) is 6. The Balaban J connectivity index is 1.41. The molecule has 0 unspecified atom stereocenters. The summed E-state index contributed by atoms with van der Waals surface area (Å²) in [6.45, 7) is 1.29. The molecule has 3 aromatic rings. The first kappa shape index (κ1) is 14.6. The highest BCUT2D eigenvalue weighted by atomic mass is 16.1. The van der Waals surface area contributed by atoms with Crippen molar-refractivity contribution in [3.05, 3.63) is 42.6 Å². The number of carbonyl (C=O) groups is 1. The van der Waals surface area contributed by atoms with Gasteiger partial charge in [-0.15, -0.1) is 5.10 Å². The summed E-state index contributed by atoms with van der Waals surface area (Å²) >= 11 is 0. The number of nitrogens with one attached hydrogen (secondary N) is 3. The van der Waals surface area contributed by atoms with E-state index in [1.807, 2.05) is 12.1 Å². The first-order chi connectivity index (χ1) is 11.3. The number of aromatic nitrogens is 7. The van der Waals surface area contributed by atoms with Crippen LogP contribution in [0.15, 0.2) is 36.9 Å². The summed E-state index contributed by atoms with van der Waals surface area (Å²) in [4.78, 5) is 16.0. The Morgan fingerprint density at radius 3 is 3.09 bits per heavy atom. The van der Waals surface area contributed by atoms with E-state index in [1.54, 1.807) is 18.5 Å². The van der Waals surface area contributed by atoms with Crippen LogP contribution in [0.5, 0.6) is 0 Å². The Bertz CT molecular complexity index is 738. The number of H-pyrrole nitrogens is 1. The molecular formula is C13H15N9O. The molecule has 0 spiro atoms. The van der Waals surface area contributed by atoms with Gasteiger partial charge in [0.1, 0.15) is 12.0 Å². The van der Waals surface area contributed by atoms with Crippen LogP contribution in [0.2, 0.25) is 0 Å². The average Bonchev–Trinajstić information content (AvgIpc) is 3.26. The Morgan fingerprint density at radius 1 is 1.35 bits per heavy atom. The molecule has 118 valence electrons. The van der Waals surface area contributed by atoms with Crippen molar-refractivity contribution >= 4 is 11.6 Å². The quantitative estimate of drug-likeness (QED) is 0.524. The van der Waals surface area contributed by atoms with Crippen LogP contribution >= 0.6 is 0 Å². The van der Waals surface area contributed by atoms with Crippen molar-refractivity contribution in [1.82, 2.24) is 40.7 Å². The second-order valence-corrected chi connectivity index (χ2v) is 4.67. The lowest BCUT2D eigenvalue weighted by atomic mass is 10.3. The Kier molecular flexibility index (Phi) is 4.52. The van der Waals surface area contributed by atoms with Gasteiger partial charge < -0.3 is 10.6 Å². The molecule has 1 amide bonds. The van der Waals surface area contributed by atoms with Crippen LogP contribution in [0.25, 0.3) is 5.82 Å². The third kappa shape index (κ3) is 3.87. The smallest absolute Gasteiger partial charge is 0.269 e. The van der Waals surface area contributed by atoms with Crippen LogP contribution in [0.4, 0.5) is 5.69 Å². The van der Waals surface area contributed by atoms with Gasteiger partial charge in [-0.2, -0.15) is 9.78 Å². The average molecular weight is 313 g/mol. The van der Waals surface area contributed by atoms with Crippen LogP contribution in [0.1, 0.15) is 16.9 Å². The van der Waals surface area contributed by atoms with Crippen LogP contribution in [0, 0.1) is 0 Å². The van der Waals surface area contributed by atoms with Gasteiger partial charge in [-0.1, -0.05) is 0 Å². The van der Waals surface area contributed by atoms with E-state index in [1.165, 1.54) is 11.0 Å². The number of rotatable bonds is 7. The summed E-state index contributed by atoms with van der Waals surface area (Å²) in [5.41, 5.74) is 1.31. The van der Waals surface area contributed by atoms with Gasteiger partial charge in [-0.25, -0.2) is 0 Å². The van der Waals surface area contributed by atoms with Crippen molar-refractivity contribution in [2.24, 2.45) is 0 Å². The monoisotopic (exact) mass is 313 g/mol. The molecule has 10 nitrogen and oxygen atoms in total. The molecule has 0 bridgehead atoms. The summed E-state index contributed by atoms with van der Waals surface area (Å²) in [6.07, 6.45) is 5.67. The maximum atomic E-state index is 12.0. The van der Waals surface area contributed by atoms with Crippen LogP contribution in [-0.2, 0) is 0 Å². The van der Waals surface area contributed by atoms with Crippen LogP contribution in [0.3, 0.4) is 0 Å². The molecule has 0 radical (unpaired) electrons. The molecule has 0 atom stereocenters. The van der Waals surface area contributed by atoms with Gasteiger partial charge >= 0.3 is 0 Å². The van der Waals surface area contributed by atoms with Crippen LogP contribution in [-0.4, -0.2) is 54.4 Å². The van der Waals surface area contributed by atoms with Crippen molar-refractivity contribution in [3.8, 4) is 5.82 Å². The Labute approximate surface area is 131 Å². The van der Waals surface area contributed by atoms with Gasteiger partial charge in [0, 0.05) is 31.5 Å². The Morgan fingerprint density at radius 2 is 2.30 bits per heavy atom. The highest BCUT2D eigenvalue weighted by Gasteiger charge is 2.10. The first-order valence-corrected chi connectivity index (χ1v) is 7.04. The number of anilines is 1. The van der Waals surface area contributed by atoms with Crippen LogP contribution < -0.4 is 10.6 Å². The van der Waals surface area contributed by atoms with E-state index >= 15 is 0 Å². The molecule has 3 heterocycles. The van der Waals surface area contributed by atoms with Crippen molar-refractivity contribution in [1.29, 1.82) is 0 Å². The molecule has 0 aliphatic carbocycles. The minimum atomic E-state index is -0.224. The molecule has 0 fully saturated rings. The number of pyridine rings is 1. The highest BCUT2D eigenvalue weighted by Crippen LogP contribution is 2.04. The molecule has 0 saturated carbocycles. The van der Waals surface area contributed by atoms with Gasteiger partial charge in [0.25, 0.3) is 5.91 Å². The molecule has 0 aromatic carbocycles. The van der Waals surface area contributed by atoms with E-state index in [2.05, 4.69) is 41.3 Å². The molecule has 0 saturated heterocycles. The number of carbonyl (C=O) groups excluding carboxylic acids is 1.